The standard InChI is InChI=1S/C16H14N2O2S/c19-16-17-9-11-5-2-1-4-10(11)8-12(17)14-15(20-14)18(16)13-6-3-7-21-13/h1-7,12,14-15H,8-9H2. The van der Waals surface area contributed by atoms with Gasteiger partial charge in [-0.15, -0.1) is 11.3 Å². The van der Waals surface area contributed by atoms with Gasteiger partial charge in [0, 0.05) is 6.54 Å². The van der Waals surface area contributed by atoms with Crippen molar-refractivity contribution in [1.82, 2.24) is 4.90 Å². The number of carbonyl (C=O) groups excluding carboxylic acids is 1. The van der Waals surface area contributed by atoms with Gasteiger partial charge in [-0.3, -0.25) is 4.90 Å². The number of nitrogens with zero attached hydrogens (tertiary/aromatic N) is 2. The van der Waals surface area contributed by atoms with Crippen molar-refractivity contribution in [2.45, 2.75) is 31.3 Å². The third kappa shape index (κ3) is 1.61. The van der Waals surface area contributed by atoms with E-state index in [0.29, 0.717) is 6.54 Å². The molecule has 3 unspecified atom stereocenters. The minimum Gasteiger partial charge on any atom is -0.345 e. The van der Waals surface area contributed by atoms with Crippen molar-refractivity contribution in [3.05, 3.63) is 52.9 Å². The van der Waals surface area contributed by atoms with Crippen molar-refractivity contribution >= 4 is 22.4 Å². The molecule has 5 rings (SSSR count). The predicted octanol–water partition coefficient (Wildman–Crippen LogP) is 2.84. The van der Waals surface area contributed by atoms with Crippen molar-refractivity contribution in [2.24, 2.45) is 0 Å². The number of epoxide rings is 1. The van der Waals surface area contributed by atoms with Crippen LogP contribution in [0.3, 0.4) is 0 Å². The number of anilines is 1. The second-order valence-corrected chi connectivity index (χ2v) is 6.69. The largest absolute Gasteiger partial charge is 0.345 e. The summed E-state index contributed by atoms with van der Waals surface area (Å²) in [6.07, 6.45) is 0.988. The number of rotatable bonds is 1. The van der Waals surface area contributed by atoms with Crippen LogP contribution in [0.5, 0.6) is 0 Å². The highest BCUT2D eigenvalue weighted by Gasteiger charge is 2.59. The fourth-order valence-corrected chi connectivity index (χ4v) is 4.28. The third-order valence-electron chi connectivity index (χ3n) is 4.62. The van der Waals surface area contributed by atoms with Crippen LogP contribution < -0.4 is 4.90 Å². The Morgan fingerprint density at radius 1 is 1.14 bits per heavy atom. The van der Waals surface area contributed by atoms with E-state index in [9.17, 15) is 4.79 Å². The number of hydrogen-bond donors (Lipinski definition) is 0. The van der Waals surface area contributed by atoms with E-state index < -0.39 is 0 Å². The first kappa shape index (κ1) is 11.8. The molecule has 0 aliphatic carbocycles. The molecule has 0 bridgehead atoms. The molecule has 106 valence electrons. The number of ether oxygens (including phenoxy) is 1. The van der Waals surface area contributed by atoms with E-state index in [0.717, 1.165) is 11.4 Å². The van der Waals surface area contributed by atoms with Crippen LogP contribution in [0.4, 0.5) is 9.80 Å². The SMILES string of the molecule is O=C1N2Cc3ccccc3CC2C2OC2N1c1cccs1. The van der Waals surface area contributed by atoms with Crippen LogP contribution in [0.1, 0.15) is 11.1 Å². The fraction of sp³-hybridized carbons (Fsp3) is 0.312. The molecule has 1 aromatic carbocycles. The summed E-state index contributed by atoms with van der Waals surface area (Å²) < 4.78 is 5.84. The Hall–Kier alpha value is -1.85. The van der Waals surface area contributed by atoms with Gasteiger partial charge in [0.25, 0.3) is 0 Å². The molecule has 0 N–H and O–H groups in total. The number of hydrogen-bond acceptors (Lipinski definition) is 3. The van der Waals surface area contributed by atoms with E-state index in [2.05, 4.69) is 18.2 Å². The van der Waals surface area contributed by atoms with Gasteiger partial charge < -0.3 is 9.64 Å². The molecule has 4 nitrogen and oxygen atoms in total. The highest BCUT2D eigenvalue weighted by atomic mass is 32.1. The van der Waals surface area contributed by atoms with Crippen LogP contribution in [0.25, 0.3) is 0 Å². The first-order chi connectivity index (χ1) is 10.3. The lowest BCUT2D eigenvalue weighted by Crippen LogP contribution is -2.58. The highest BCUT2D eigenvalue weighted by molar-refractivity contribution is 7.14. The minimum absolute atomic E-state index is 0.0670. The molecule has 3 aliphatic heterocycles. The molecule has 2 fully saturated rings. The minimum atomic E-state index is -0.0670. The van der Waals surface area contributed by atoms with Crippen molar-refractivity contribution in [2.75, 3.05) is 4.90 Å². The zero-order valence-electron chi connectivity index (χ0n) is 11.3. The number of fused-ring (bicyclic) bond motifs is 4. The summed E-state index contributed by atoms with van der Waals surface area (Å²) in [5.41, 5.74) is 2.61. The molecule has 0 spiro atoms. The normalized spacial score (nSPS) is 29.7. The van der Waals surface area contributed by atoms with Crippen molar-refractivity contribution < 1.29 is 9.53 Å². The lowest BCUT2D eigenvalue weighted by molar-refractivity contribution is 0.151. The summed E-state index contributed by atoms with van der Waals surface area (Å²) >= 11 is 1.59. The van der Waals surface area contributed by atoms with Gasteiger partial charge in [0.2, 0.25) is 0 Å². The van der Waals surface area contributed by atoms with Crippen LogP contribution in [0.15, 0.2) is 41.8 Å². The van der Waals surface area contributed by atoms with Crippen LogP contribution in [-0.4, -0.2) is 29.3 Å². The molecule has 21 heavy (non-hydrogen) atoms. The number of thiophene rings is 1. The average molecular weight is 298 g/mol. The van der Waals surface area contributed by atoms with Gasteiger partial charge in [0.15, 0.2) is 6.23 Å². The smallest absolute Gasteiger partial charge is 0.328 e. The maximum absolute atomic E-state index is 12.9. The molecular weight excluding hydrogens is 284 g/mol. The van der Waals surface area contributed by atoms with Crippen LogP contribution in [-0.2, 0) is 17.7 Å². The molecular formula is C16H14N2O2S. The van der Waals surface area contributed by atoms with Gasteiger partial charge in [0.05, 0.1) is 6.04 Å². The van der Waals surface area contributed by atoms with E-state index in [-0.39, 0.29) is 24.4 Å². The third-order valence-corrected chi connectivity index (χ3v) is 5.49. The molecule has 0 radical (unpaired) electrons. The Balaban J connectivity index is 1.54. The molecule has 1 aromatic heterocycles. The molecule has 2 amide bonds. The topological polar surface area (TPSA) is 36.1 Å². The first-order valence-electron chi connectivity index (χ1n) is 7.18. The van der Waals surface area contributed by atoms with Gasteiger partial charge in [-0.05, 0) is 35.1 Å². The number of amides is 2. The molecule has 3 aliphatic rings. The molecule has 2 saturated heterocycles. The first-order valence-corrected chi connectivity index (χ1v) is 8.06. The lowest BCUT2D eigenvalue weighted by Gasteiger charge is -2.41. The summed E-state index contributed by atoms with van der Waals surface area (Å²) in [5.74, 6) is 0. The van der Waals surface area contributed by atoms with Crippen LogP contribution in [0, 0.1) is 0 Å². The van der Waals surface area contributed by atoms with Crippen LogP contribution >= 0.6 is 11.3 Å². The van der Waals surface area contributed by atoms with Gasteiger partial charge in [-0.2, -0.15) is 0 Å². The highest BCUT2D eigenvalue weighted by Crippen LogP contribution is 2.44. The Morgan fingerprint density at radius 2 is 2.00 bits per heavy atom. The maximum atomic E-state index is 12.9. The summed E-state index contributed by atoms with van der Waals surface area (Å²) in [5, 5.41) is 2.97. The van der Waals surface area contributed by atoms with Crippen molar-refractivity contribution in [1.29, 1.82) is 0 Å². The van der Waals surface area contributed by atoms with Gasteiger partial charge in [0.1, 0.15) is 11.1 Å². The number of benzene rings is 1. The summed E-state index contributed by atoms with van der Waals surface area (Å²) in [6, 6.07) is 12.6. The van der Waals surface area contributed by atoms with Gasteiger partial charge in [-0.1, -0.05) is 24.3 Å². The summed E-state index contributed by atoms with van der Waals surface area (Å²) in [6.45, 7) is 0.689. The second-order valence-electron chi connectivity index (χ2n) is 5.76. The summed E-state index contributed by atoms with van der Waals surface area (Å²) in [7, 11) is 0. The van der Waals surface area contributed by atoms with Gasteiger partial charge in [-0.25, -0.2) is 4.79 Å². The predicted molar refractivity (Wildman–Crippen MR) is 80.3 cm³/mol. The van der Waals surface area contributed by atoms with E-state index in [1.54, 1.807) is 11.3 Å². The van der Waals surface area contributed by atoms with E-state index in [4.69, 9.17) is 4.74 Å². The fourth-order valence-electron chi connectivity index (χ4n) is 3.53. The molecule has 5 heteroatoms. The van der Waals surface area contributed by atoms with E-state index in [1.807, 2.05) is 33.4 Å². The van der Waals surface area contributed by atoms with Crippen molar-refractivity contribution in [3.63, 3.8) is 0 Å². The Bertz CT molecular complexity index is 715. The quantitative estimate of drug-likeness (QED) is 0.759. The van der Waals surface area contributed by atoms with Crippen molar-refractivity contribution in [3.8, 4) is 0 Å². The number of carbonyl (C=O) groups is 1. The maximum Gasteiger partial charge on any atom is 0.328 e. The van der Waals surface area contributed by atoms with E-state index in [1.165, 1.54) is 11.1 Å². The number of urea groups is 1. The Morgan fingerprint density at radius 3 is 2.81 bits per heavy atom. The lowest BCUT2D eigenvalue weighted by atomic mass is 9.91. The average Bonchev–Trinajstić information content (AvgIpc) is 3.11. The monoisotopic (exact) mass is 298 g/mol. The Labute approximate surface area is 126 Å². The zero-order valence-corrected chi connectivity index (χ0v) is 12.1. The van der Waals surface area contributed by atoms with Gasteiger partial charge >= 0.3 is 6.03 Å². The second kappa shape index (κ2) is 4.08. The Kier molecular flexibility index (Phi) is 2.29. The summed E-state index contributed by atoms with van der Waals surface area (Å²) in [4.78, 5) is 16.7. The molecule has 3 atom stereocenters. The van der Waals surface area contributed by atoms with Crippen LogP contribution in [0.2, 0.25) is 0 Å². The molecule has 4 heterocycles. The zero-order chi connectivity index (χ0) is 14.0. The molecule has 2 aromatic rings. The van der Waals surface area contributed by atoms with E-state index >= 15 is 0 Å². The molecule has 0 saturated carbocycles.